The summed E-state index contributed by atoms with van der Waals surface area (Å²) in [6, 6.07) is 5.73. The molecule has 0 amide bonds. The summed E-state index contributed by atoms with van der Waals surface area (Å²) in [6.07, 6.45) is -0.618. The monoisotopic (exact) mass is 238 g/mol. The molecular formula is C11H14N2O2S. The van der Waals surface area contributed by atoms with Gasteiger partial charge in [0.15, 0.2) is 0 Å². The molecule has 86 valence electrons. The van der Waals surface area contributed by atoms with E-state index < -0.39 is 6.10 Å². The lowest BCUT2D eigenvalue weighted by molar-refractivity contribution is 0.114. The second kappa shape index (κ2) is 4.78. The van der Waals surface area contributed by atoms with Crippen molar-refractivity contribution in [3.05, 3.63) is 23.2 Å². The van der Waals surface area contributed by atoms with Crippen LogP contribution in [0.2, 0.25) is 0 Å². The van der Waals surface area contributed by atoms with Gasteiger partial charge in [-0.1, -0.05) is 0 Å². The fraction of sp³-hybridized carbons (Fsp3) is 0.364. The van der Waals surface area contributed by atoms with Crippen LogP contribution in [-0.2, 0) is 0 Å². The molecule has 16 heavy (non-hydrogen) atoms. The van der Waals surface area contributed by atoms with Gasteiger partial charge in [0.2, 0.25) is 0 Å². The van der Waals surface area contributed by atoms with E-state index in [1.54, 1.807) is 11.3 Å². The van der Waals surface area contributed by atoms with Crippen molar-refractivity contribution in [2.45, 2.75) is 13.0 Å². The molecule has 0 aliphatic rings. The summed E-state index contributed by atoms with van der Waals surface area (Å²) in [4.78, 5) is 4.37. The fourth-order valence-corrected chi connectivity index (χ4v) is 2.18. The summed E-state index contributed by atoms with van der Waals surface area (Å²) in [5.74, 6) is 0.713. The second-order valence-electron chi connectivity index (χ2n) is 3.56. The molecule has 0 bridgehead atoms. The standard InChI is InChI=1S/C11H14N2O2S/c1-7-13-10-4-9(2-3-11(10)16-7)15-6-8(14)5-12/h2-4,8,14H,5-6,12H2,1H3. The van der Waals surface area contributed by atoms with E-state index in [1.807, 2.05) is 25.1 Å². The molecule has 3 N–H and O–H groups in total. The van der Waals surface area contributed by atoms with E-state index in [9.17, 15) is 5.11 Å². The Morgan fingerprint density at radius 2 is 2.38 bits per heavy atom. The van der Waals surface area contributed by atoms with Gasteiger partial charge in [-0.25, -0.2) is 4.98 Å². The number of hydrogen-bond donors (Lipinski definition) is 2. The van der Waals surface area contributed by atoms with Crippen LogP contribution in [0.4, 0.5) is 0 Å². The van der Waals surface area contributed by atoms with Crippen molar-refractivity contribution in [1.82, 2.24) is 4.98 Å². The normalized spacial score (nSPS) is 12.9. The van der Waals surface area contributed by atoms with Gasteiger partial charge in [-0.05, 0) is 19.1 Å². The van der Waals surface area contributed by atoms with Gasteiger partial charge in [0.25, 0.3) is 0 Å². The summed E-state index contributed by atoms with van der Waals surface area (Å²) >= 11 is 1.65. The van der Waals surface area contributed by atoms with Crippen LogP contribution in [0, 0.1) is 6.92 Å². The molecule has 1 aromatic heterocycles. The van der Waals surface area contributed by atoms with Crippen molar-refractivity contribution in [2.75, 3.05) is 13.2 Å². The van der Waals surface area contributed by atoms with Crippen molar-refractivity contribution < 1.29 is 9.84 Å². The van der Waals surface area contributed by atoms with Gasteiger partial charge in [-0.2, -0.15) is 0 Å². The molecule has 1 atom stereocenters. The highest BCUT2D eigenvalue weighted by Gasteiger charge is 2.05. The first-order valence-electron chi connectivity index (χ1n) is 5.07. The van der Waals surface area contributed by atoms with Gasteiger partial charge in [0.05, 0.1) is 15.2 Å². The van der Waals surface area contributed by atoms with Crippen LogP contribution < -0.4 is 10.5 Å². The third-order valence-electron chi connectivity index (χ3n) is 2.18. The van der Waals surface area contributed by atoms with E-state index in [2.05, 4.69) is 4.98 Å². The average molecular weight is 238 g/mol. The molecule has 0 aliphatic heterocycles. The molecule has 0 aliphatic carbocycles. The van der Waals surface area contributed by atoms with Crippen molar-refractivity contribution >= 4 is 21.6 Å². The van der Waals surface area contributed by atoms with Crippen molar-refractivity contribution in [2.24, 2.45) is 5.73 Å². The van der Waals surface area contributed by atoms with Gasteiger partial charge in [0.1, 0.15) is 18.5 Å². The van der Waals surface area contributed by atoms with Crippen molar-refractivity contribution in [3.63, 3.8) is 0 Å². The maximum atomic E-state index is 9.27. The molecule has 2 rings (SSSR count). The van der Waals surface area contributed by atoms with E-state index >= 15 is 0 Å². The minimum Gasteiger partial charge on any atom is -0.491 e. The first-order valence-corrected chi connectivity index (χ1v) is 5.89. The molecule has 0 spiro atoms. The smallest absolute Gasteiger partial charge is 0.121 e. The van der Waals surface area contributed by atoms with Crippen LogP contribution in [0.1, 0.15) is 5.01 Å². The molecule has 1 aromatic carbocycles. The van der Waals surface area contributed by atoms with Gasteiger partial charge in [-0.15, -0.1) is 11.3 Å². The summed E-state index contributed by atoms with van der Waals surface area (Å²) in [6.45, 7) is 2.40. The van der Waals surface area contributed by atoms with E-state index in [4.69, 9.17) is 10.5 Å². The summed E-state index contributed by atoms with van der Waals surface area (Å²) in [7, 11) is 0. The van der Waals surface area contributed by atoms with Gasteiger partial charge < -0.3 is 15.6 Å². The SMILES string of the molecule is Cc1nc2cc(OCC(O)CN)ccc2s1. The molecule has 1 unspecified atom stereocenters. The Morgan fingerprint density at radius 3 is 3.12 bits per heavy atom. The third kappa shape index (κ3) is 2.49. The number of aliphatic hydroxyl groups is 1. The number of aryl methyl sites for hydroxylation is 1. The number of benzene rings is 1. The number of hydrogen-bond acceptors (Lipinski definition) is 5. The predicted molar refractivity (Wildman–Crippen MR) is 64.9 cm³/mol. The number of nitrogens with two attached hydrogens (primary N) is 1. The van der Waals surface area contributed by atoms with Crippen molar-refractivity contribution in [1.29, 1.82) is 0 Å². The van der Waals surface area contributed by atoms with Gasteiger partial charge >= 0.3 is 0 Å². The minimum absolute atomic E-state index is 0.206. The van der Waals surface area contributed by atoms with E-state index in [1.165, 1.54) is 0 Å². The Balaban J connectivity index is 2.13. The van der Waals surface area contributed by atoms with E-state index in [-0.39, 0.29) is 13.2 Å². The van der Waals surface area contributed by atoms with E-state index in [0.717, 1.165) is 15.2 Å². The highest BCUT2D eigenvalue weighted by molar-refractivity contribution is 7.18. The van der Waals surface area contributed by atoms with Crippen LogP contribution in [0.15, 0.2) is 18.2 Å². The summed E-state index contributed by atoms with van der Waals surface area (Å²) in [5.41, 5.74) is 6.22. The van der Waals surface area contributed by atoms with Crippen LogP contribution in [0.5, 0.6) is 5.75 Å². The maximum absolute atomic E-state index is 9.27. The second-order valence-corrected chi connectivity index (χ2v) is 4.80. The van der Waals surface area contributed by atoms with Gasteiger partial charge in [-0.3, -0.25) is 0 Å². The molecule has 2 aromatic rings. The lowest BCUT2D eigenvalue weighted by Crippen LogP contribution is -2.26. The lowest BCUT2D eigenvalue weighted by Gasteiger charge is -2.09. The molecule has 5 heteroatoms. The molecule has 0 saturated carbocycles. The zero-order valence-corrected chi connectivity index (χ0v) is 9.83. The molecule has 0 fully saturated rings. The minimum atomic E-state index is -0.618. The number of aromatic nitrogens is 1. The topological polar surface area (TPSA) is 68.4 Å². The molecule has 1 heterocycles. The number of rotatable bonds is 4. The quantitative estimate of drug-likeness (QED) is 0.842. The summed E-state index contributed by atoms with van der Waals surface area (Å²) in [5, 5.41) is 10.3. The number of ether oxygens (including phenoxy) is 1. The lowest BCUT2D eigenvalue weighted by atomic mass is 10.3. The van der Waals surface area contributed by atoms with Gasteiger partial charge in [0, 0.05) is 12.6 Å². The predicted octanol–water partition coefficient (Wildman–Crippen LogP) is 1.30. The maximum Gasteiger partial charge on any atom is 0.121 e. The first-order chi connectivity index (χ1) is 7.69. The number of thiazole rings is 1. The molecule has 4 nitrogen and oxygen atoms in total. The largest absolute Gasteiger partial charge is 0.491 e. The summed E-state index contributed by atoms with van der Waals surface area (Å²) < 4.78 is 6.55. The van der Waals surface area contributed by atoms with Crippen LogP contribution in [0.3, 0.4) is 0 Å². The zero-order valence-electron chi connectivity index (χ0n) is 9.01. The Kier molecular flexibility index (Phi) is 3.38. The number of nitrogens with zero attached hydrogens (tertiary/aromatic N) is 1. The molecule has 0 saturated heterocycles. The number of fused-ring (bicyclic) bond motifs is 1. The van der Waals surface area contributed by atoms with Crippen LogP contribution in [-0.4, -0.2) is 29.3 Å². The Hall–Kier alpha value is -1.17. The Bertz CT molecular complexity index is 484. The van der Waals surface area contributed by atoms with Crippen LogP contribution in [0.25, 0.3) is 10.2 Å². The zero-order chi connectivity index (χ0) is 11.5. The Morgan fingerprint density at radius 1 is 1.56 bits per heavy atom. The third-order valence-corrected chi connectivity index (χ3v) is 3.13. The first kappa shape index (κ1) is 11.3. The highest BCUT2D eigenvalue weighted by Crippen LogP contribution is 2.25. The highest BCUT2D eigenvalue weighted by atomic mass is 32.1. The molecular weight excluding hydrogens is 224 g/mol. The fourth-order valence-electron chi connectivity index (χ4n) is 1.37. The van der Waals surface area contributed by atoms with E-state index in [0.29, 0.717) is 5.75 Å². The van der Waals surface area contributed by atoms with Crippen molar-refractivity contribution in [3.8, 4) is 5.75 Å². The molecule has 0 radical (unpaired) electrons. The number of aliphatic hydroxyl groups excluding tert-OH is 1. The van der Waals surface area contributed by atoms with Crippen LogP contribution >= 0.6 is 11.3 Å². The Labute approximate surface area is 97.7 Å². The average Bonchev–Trinajstić information content (AvgIpc) is 2.65.